The van der Waals surface area contributed by atoms with E-state index in [4.69, 9.17) is 0 Å². The number of aromatic hydroxyl groups is 1. The second kappa shape index (κ2) is 7.45. The number of aryl methyl sites for hydroxylation is 2. The van der Waals surface area contributed by atoms with Gasteiger partial charge in [-0.15, -0.1) is 0 Å². The highest BCUT2D eigenvalue weighted by molar-refractivity contribution is 5.96. The Bertz CT molecular complexity index is 693. The molecule has 1 aromatic heterocycles. The highest BCUT2D eigenvalue weighted by Gasteiger charge is 2.13. The monoisotopic (exact) mass is 300 g/mol. The normalized spacial score (nSPS) is 10.4. The third-order valence-electron chi connectivity index (χ3n) is 3.51. The lowest BCUT2D eigenvalue weighted by Crippen LogP contribution is -2.27. The van der Waals surface area contributed by atoms with Crippen molar-refractivity contribution in [2.24, 2.45) is 7.05 Å². The molecule has 2 N–H and O–H groups in total. The number of carbonyl (C=O) groups excluding carboxylic acids is 1. The minimum Gasteiger partial charge on any atom is -0.502 e. The van der Waals surface area contributed by atoms with Crippen LogP contribution in [0.3, 0.4) is 0 Å². The highest BCUT2D eigenvalue weighted by atomic mass is 16.3. The van der Waals surface area contributed by atoms with Gasteiger partial charge in [0.15, 0.2) is 5.75 Å². The summed E-state index contributed by atoms with van der Waals surface area (Å²) in [4.78, 5) is 23.5. The van der Waals surface area contributed by atoms with Gasteiger partial charge in [0.05, 0.1) is 5.56 Å². The van der Waals surface area contributed by atoms with Gasteiger partial charge < -0.3 is 15.0 Å². The van der Waals surface area contributed by atoms with E-state index in [1.165, 1.54) is 29.4 Å². The highest BCUT2D eigenvalue weighted by Crippen LogP contribution is 2.10. The van der Waals surface area contributed by atoms with Gasteiger partial charge in [0.1, 0.15) is 0 Å². The smallest absolute Gasteiger partial charge is 0.293 e. The van der Waals surface area contributed by atoms with Crippen LogP contribution in [0.15, 0.2) is 47.4 Å². The van der Waals surface area contributed by atoms with Gasteiger partial charge in [-0.25, -0.2) is 0 Å². The third-order valence-corrected chi connectivity index (χ3v) is 3.51. The number of rotatable bonds is 6. The van der Waals surface area contributed by atoms with Gasteiger partial charge >= 0.3 is 0 Å². The second-order valence-electron chi connectivity index (χ2n) is 5.19. The zero-order valence-corrected chi connectivity index (χ0v) is 12.6. The van der Waals surface area contributed by atoms with E-state index >= 15 is 0 Å². The standard InChI is InChI=1S/C17H20N2O3/c1-19-12-10-14(15(20)17(19)22)16(21)18-11-6-5-9-13-7-3-2-4-8-13/h2-4,7-8,10,12,20H,5-6,9,11H2,1H3,(H,18,21). The largest absolute Gasteiger partial charge is 0.502 e. The maximum Gasteiger partial charge on any atom is 0.293 e. The minimum absolute atomic E-state index is 0.0196. The predicted octanol–water partition coefficient (Wildman–Crippen LogP) is 1.84. The fourth-order valence-corrected chi connectivity index (χ4v) is 2.19. The lowest BCUT2D eigenvalue weighted by molar-refractivity contribution is 0.0950. The molecule has 5 heteroatoms. The van der Waals surface area contributed by atoms with Gasteiger partial charge in [-0.1, -0.05) is 30.3 Å². The minimum atomic E-state index is -0.572. The van der Waals surface area contributed by atoms with Crippen LogP contribution < -0.4 is 10.9 Å². The number of nitrogens with one attached hydrogen (secondary N) is 1. The molecule has 1 aromatic carbocycles. The second-order valence-corrected chi connectivity index (χ2v) is 5.19. The summed E-state index contributed by atoms with van der Waals surface area (Å²) in [6, 6.07) is 11.6. The zero-order valence-electron chi connectivity index (χ0n) is 12.6. The molecule has 0 radical (unpaired) electrons. The number of aromatic nitrogens is 1. The zero-order chi connectivity index (χ0) is 15.9. The Hall–Kier alpha value is -2.56. The Morgan fingerprint density at radius 1 is 1.18 bits per heavy atom. The molecule has 116 valence electrons. The Labute approximate surface area is 129 Å². The van der Waals surface area contributed by atoms with Gasteiger partial charge in [-0.05, 0) is 30.9 Å². The van der Waals surface area contributed by atoms with Crippen LogP contribution in [0.4, 0.5) is 0 Å². The van der Waals surface area contributed by atoms with Crippen molar-refractivity contribution in [1.29, 1.82) is 0 Å². The maximum absolute atomic E-state index is 11.9. The van der Waals surface area contributed by atoms with Crippen molar-refractivity contribution in [3.05, 3.63) is 64.1 Å². The van der Waals surface area contributed by atoms with Crippen LogP contribution >= 0.6 is 0 Å². The first kappa shape index (κ1) is 15.8. The molecule has 2 rings (SSSR count). The first-order valence-electron chi connectivity index (χ1n) is 7.30. The van der Waals surface area contributed by atoms with Gasteiger partial charge in [0.25, 0.3) is 11.5 Å². The van der Waals surface area contributed by atoms with E-state index in [1.807, 2.05) is 18.2 Å². The van der Waals surface area contributed by atoms with E-state index < -0.39 is 17.2 Å². The van der Waals surface area contributed by atoms with Crippen LogP contribution in [0.5, 0.6) is 5.75 Å². The summed E-state index contributed by atoms with van der Waals surface area (Å²) >= 11 is 0. The number of carbonyl (C=O) groups is 1. The summed E-state index contributed by atoms with van der Waals surface area (Å²) in [6.45, 7) is 0.514. The lowest BCUT2D eigenvalue weighted by atomic mass is 10.1. The molecule has 0 aliphatic carbocycles. The first-order chi connectivity index (χ1) is 10.6. The van der Waals surface area contributed by atoms with Gasteiger partial charge in [-0.3, -0.25) is 9.59 Å². The van der Waals surface area contributed by atoms with Gasteiger partial charge in [0, 0.05) is 19.8 Å². The molecule has 0 fully saturated rings. The lowest BCUT2D eigenvalue weighted by Gasteiger charge is -2.07. The molecule has 1 amide bonds. The van der Waals surface area contributed by atoms with Crippen LogP contribution in [0.25, 0.3) is 0 Å². The first-order valence-corrected chi connectivity index (χ1v) is 7.30. The fourth-order valence-electron chi connectivity index (χ4n) is 2.19. The number of unbranched alkanes of at least 4 members (excludes halogenated alkanes) is 1. The van der Waals surface area contributed by atoms with Crippen LogP contribution in [0, 0.1) is 0 Å². The number of pyridine rings is 1. The van der Waals surface area contributed by atoms with E-state index in [0.29, 0.717) is 6.54 Å². The Morgan fingerprint density at radius 3 is 2.64 bits per heavy atom. The summed E-state index contributed by atoms with van der Waals surface area (Å²) in [6.07, 6.45) is 4.24. The SMILES string of the molecule is Cn1ccc(C(=O)NCCCCc2ccccc2)c(O)c1=O. The molecular weight excluding hydrogens is 280 g/mol. The maximum atomic E-state index is 11.9. The van der Waals surface area contributed by atoms with Crippen LogP contribution in [-0.2, 0) is 13.5 Å². The predicted molar refractivity (Wildman–Crippen MR) is 85.1 cm³/mol. The van der Waals surface area contributed by atoms with Crippen molar-refractivity contribution >= 4 is 5.91 Å². The average molecular weight is 300 g/mol. The van der Waals surface area contributed by atoms with Crippen molar-refractivity contribution in [3.8, 4) is 5.75 Å². The summed E-state index contributed by atoms with van der Waals surface area (Å²) < 4.78 is 1.23. The number of amides is 1. The van der Waals surface area contributed by atoms with Crippen molar-refractivity contribution in [1.82, 2.24) is 9.88 Å². The molecule has 0 saturated carbocycles. The van der Waals surface area contributed by atoms with E-state index in [-0.39, 0.29) is 5.56 Å². The molecule has 22 heavy (non-hydrogen) atoms. The molecule has 0 spiro atoms. The Kier molecular flexibility index (Phi) is 5.36. The molecular formula is C17H20N2O3. The summed E-state index contributed by atoms with van der Waals surface area (Å²) in [5.74, 6) is -0.929. The molecule has 0 saturated heterocycles. The van der Waals surface area contributed by atoms with Crippen molar-refractivity contribution in [2.75, 3.05) is 6.54 Å². The third kappa shape index (κ3) is 3.97. The molecule has 0 aliphatic heterocycles. The van der Waals surface area contributed by atoms with Crippen molar-refractivity contribution in [2.45, 2.75) is 19.3 Å². The van der Waals surface area contributed by atoms with E-state index in [0.717, 1.165) is 19.3 Å². The van der Waals surface area contributed by atoms with Crippen LogP contribution in [0.1, 0.15) is 28.8 Å². The summed E-state index contributed by atoms with van der Waals surface area (Å²) in [5.41, 5.74) is 0.723. The van der Waals surface area contributed by atoms with Crippen LogP contribution in [0.2, 0.25) is 0 Å². The molecule has 2 aromatic rings. The van der Waals surface area contributed by atoms with Crippen LogP contribution in [-0.4, -0.2) is 22.1 Å². The molecule has 5 nitrogen and oxygen atoms in total. The van der Waals surface area contributed by atoms with Gasteiger partial charge in [0.2, 0.25) is 0 Å². The topological polar surface area (TPSA) is 71.3 Å². The average Bonchev–Trinajstić information content (AvgIpc) is 2.53. The van der Waals surface area contributed by atoms with E-state index in [1.54, 1.807) is 0 Å². The Morgan fingerprint density at radius 2 is 1.91 bits per heavy atom. The van der Waals surface area contributed by atoms with Crippen molar-refractivity contribution < 1.29 is 9.90 Å². The van der Waals surface area contributed by atoms with E-state index in [9.17, 15) is 14.7 Å². The van der Waals surface area contributed by atoms with Gasteiger partial charge in [-0.2, -0.15) is 0 Å². The van der Waals surface area contributed by atoms with E-state index in [2.05, 4.69) is 17.4 Å². The summed E-state index contributed by atoms with van der Waals surface area (Å²) in [5, 5.41) is 12.4. The number of benzene rings is 1. The molecule has 0 bridgehead atoms. The summed E-state index contributed by atoms with van der Waals surface area (Å²) in [7, 11) is 1.52. The number of hydrogen-bond donors (Lipinski definition) is 2. The molecule has 0 aliphatic rings. The Balaban J connectivity index is 1.79. The quantitative estimate of drug-likeness (QED) is 0.800. The van der Waals surface area contributed by atoms with Crippen molar-refractivity contribution in [3.63, 3.8) is 0 Å². The molecule has 0 atom stereocenters. The molecule has 0 unspecified atom stereocenters. The number of hydrogen-bond acceptors (Lipinski definition) is 3. The fraction of sp³-hybridized carbons (Fsp3) is 0.294. The molecule has 1 heterocycles. The number of nitrogens with zero attached hydrogens (tertiary/aromatic N) is 1.